The fourth-order valence-corrected chi connectivity index (χ4v) is 1.91. The number of carboxylic acids is 1. The molecule has 0 aromatic carbocycles. The summed E-state index contributed by atoms with van der Waals surface area (Å²) in [5.74, 6) is -1.15. The second-order valence-electron chi connectivity index (χ2n) is 3.75. The molecule has 2 rings (SSSR count). The third-order valence-electron chi connectivity index (χ3n) is 2.68. The molecular formula is C10H12N2O4. The molecule has 0 spiro atoms. The van der Waals surface area contributed by atoms with Crippen molar-refractivity contribution in [2.75, 3.05) is 6.54 Å². The first kappa shape index (κ1) is 10.7. The molecule has 1 aliphatic rings. The molecule has 1 N–H and O–H groups in total. The van der Waals surface area contributed by atoms with Crippen LogP contribution in [0.5, 0.6) is 0 Å². The lowest BCUT2D eigenvalue weighted by molar-refractivity contribution is -0.148. The van der Waals surface area contributed by atoms with Crippen LogP contribution in [0, 0.1) is 0 Å². The number of aromatic nitrogens is 1. The lowest BCUT2D eigenvalue weighted by Crippen LogP contribution is -2.41. The number of rotatable bonds is 3. The van der Waals surface area contributed by atoms with Crippen molar-refractivity contribution in [2.45, 2.75) is 25.3 Å². The Morgan fingerprint density at radius 3 is 3.06 bits per heavy atom. The van der Waals surface area contributed by atoms with E-state index in [0.29, 0.717) is 18.7 Å². The Morgan fingerprint density at radius 2 is 2.44 bits per heavy atom. The highest BCUT2D eigenvalue weighted by Gasteiger charge is 2.33. The standard InChI is InChI=1S/C10H12N2O4/c13-9(6-7-3-5-16-11-7)12-4-1-2-8(12)10(14)15/h3,5,8H,1-2,4,6H2,(H,14,15)/t8-/m0/s1. The molecule has 0 aliphatic carbocycles. The van der Waals surface area contributed by atoms with Gasteiger partial charge >= 0.3 is 5.97 Å². The summed E-state index contributed by atoms with van der Waals surface area (Å²) in [5.41, 5.74) is 0.529. The summed E-state index contributed by atoms with van der Waals surface area (Å²) in [6, 6.07) is 0.920. The van der Waals surface area contributed by atoms with Gasteiger partial charge in [0.05, 0.1) is 12.1 Å². The van der Waals surface area contributed by atoms with Crippen molar-refractivity contribution in [3.8, 4) is 0 Å². The van der Waals surface area contributed by atoms with Crippen LogP contribution < -0.4 is 0 Å². The number of likely N-dealkylation sites (tertiary alicyclic amines) is 1. The second-order valence-corrected chi connectivity index (χ2v) is 3.75. The van der Waals surface area contributed by atoms with Crippen molar-refractivity contribution < 1.29 is 19.2 Å². The molecule has 0 radical (unpaired) electrons. The molecule has 2 heterocycles. The minimum Gasteiger partial charge on any atom is -0.480 e. The predicted octanol–water partition coefficient (Wildman–Crippen LogP) is 0.293. The lowest BCUT2D eigenvalue weighted by atomic mass is 10.2. The summed E-state index contributed by atoms with van der Waals surface area (Å²) in [5, 5.41) is 12.6. The zero-order valence-corrected chi connectivity index (χ0v) is 8.63. The van der Waals surface area contributed by atoms with E-state index in [0.717, 1.165) is 6.42 Å². The molecule has 1 aliphatic heterocycles. The molecule has 1 aromatic rings. The minimum absolute atomic E-state index is 0.0975. The van der Waals surface area contributed by atoms with Crippen molar-refractivity contribution in [3.05, 3.63) is 18.0 Å². The van der Waals surface area contributed by atoms with Gasteiger partial charge in [-0.2, -0.15) is 0 Å². The van der Waals surface area contributed by atoms with Gasteiger partial charge in [-0.15, -0.1) is 0 Å². The maximum absolute atomic E-state index is 11.8. The quantitative estimate of drug-likeness (QED) is 0.797. The molecule has 86 valence electrons. The van der Waals surface area contributed by atoms with E-state index in [2.05, 4.69) is 9.68 Å². The van der Waals surface area contributed by atoms with E-state index in [1.54, 1.807) is 6.07 Å². The van der Waals surface area contributed by atoms with Crippen molar-refractivity contribution in [3.63, 3.8) is 0 Å². The highest BCUT2D eigenvalue weighted by atomic mass is 16.5. The van der Waals surface area contributed by atoms with Crippen LogP contribution in [-0.2, 0) is 16.0 Å². The number of aliphatic carboxylic acids is 1. The Hall–Kier alpha value is -1.85. The third kappa shape index (κ3) is 2.05. The van der Waals surface area contributed by atoms with E-state index in [1.165, 1.54) is 11.2 Å². The summed E-state index contributed by atoms with van der Waals surface area (Å²) in [6.07, 6.45) is 2.75. The number of amides is 1. The van der Waals surface area contributed by atoms with Gasteiger partial charge in [0, 0.05) is 12.6 Å². The van der Waals surface area contributed by atoms with Gasteiger partial charge in [0.15, 0.2) is 0 Å². The van der Waals surface area contributed by atoms with Crippen molar-refractivity contribution in [1.29, 1.82) is 0 Å². The molecule has 0 saturated carbocycles. The number of hydrogen-bond acceptors (Lipinski definition) is 4. The van der Waals surface area contributed by atoms with Crippen LogP contribution in [0.1, 0.15) is 18.5 Å². The molecule has 1 amide bonds. The number of hydrogen-bond donors (Lipinski definition) is 1. The average molecular weight is 224 g/mol. The van der Waals surface area contributed by atoms with E-state index >= 15 is 0 Å². The van der Waals surface area contributed by atoms with Crippen LogP contribution in [0.25, 0.3) is 0 Å². The monoisotopic (exact) mass is 224 g/mol. The molecule has 0 bridgehead atoms. The SMILES string of the molecule is O=C(O)[C@@H]1CCCN1C(=O)Cc1ccon1. The van der Waals surface area contributed by atoms with E-state index in [4.69, 9.17) is 5.11 Å². The molecule has 1 fully saturated rings. The van der Waals surface area contributed by atoms with E-state index in [9.17, 15) is 9.59 Å². The van der Waals surface area contributed by atoms with Crippen LogP contribution in [0.3, 0.4) is 0 Å². The van der Waals surface area contributed by atoms with E-state index in [1.807, 2.05) is 0 Å². The normalized spacial score (nSPS) is 20.0. The topological polar surface area (TPSA) is 83.6 Å². The molecule has 1 saturated heterocycles. The summed E-state index contributed by atoms with van der Waals surface area (Å²) in [6.45, 7) is 0.508. The number of nitrogens with zero attached hydrogens (tertiary/aromatic N) is 2. The fraction of sp³-hybridized carbons (Fsp3) is 0.500. The Kier molecular flexibility index (Phi) is 2.89. The second kappa shape index (κ2) is 4.34. The van der Waals surface area contributed by atoms with E-state index in [-0.39, 0.29) is 12.3 Å². The molecule has 1 aromatic heterocycles. The zero-order valence-electron chi connectivity index (χ0n) is 8.63. The van der Waals surface area contributed by atoms with Gasteiger partial charge in [0.2, 0.25) is 5.91 Å². The Morgan fingerprint density at radius 1 is 1.62 bits per heavy atom. The molecule has 16 heavy (non-hydrogen) atoms. The highest BCUT2D eigenvalue weighted by molar-refractivity contribution is 5.85. The highest BCUT2D eigenvalue weighted by Crippen LogP contribution is 2.18. The van der Waals surface area contributed by atoms with Crippen LogP contribution in [0.15, 0.2) is 16.9 Å². The first-order chi connectivity index (χ1) is 7.68. The fourth-order valence-electron chi connectivity index (χ4n) is 1.91. The first-order valence-electron chi connectivity index (χ1n) is 5.10. The molecule has 6 nitrogen and oxygen atoms in total. The summed E-state index contributed by atoms with van der Waals surface area (Å²) in [4.78, 5) is 24.1. The molecule has 0 unspecified atom stereocenters. The van der Waals surface area contributed by atoms with Crippen LogP contribution in [-0.4, -0.2) is 39.6 Å². The largest absolute Gasteiger partial charge is 0.480 e. The number of carbonyl (C=O) groups is 2. The predicted molar refractivity (Wildman–Crippen MR) is 52.6 cm³/mol. The summed E-state index contributed by atoms with van der Waals surface area (Å²) < 4.78 is 4.62. The zero-order chi connectivity index (χ0) is 11.5. The Bertz CT molecular complexity index is 388. The average Bonchev–Trinajstić information content (AvgIpc) is 2.86. The van der Waals surface area contributed by atoms with Gasteiger partial charge in [-0.25, -0.2) is 4.79 Å². The molecule has 6 heteroatoms. The van der Waals surface area contributed by atoms with Crippen molar-refractivity contribution >= 4 is 11.9 Å². The molecule has 1 atom stereocenters. The van der Waals surface area contributed by atoms with Gasteiger partial charge in [0.25, 0.3) is 0 Å². The van der Waals surface area contributed by atoms with Crippen molar-refractivity contribution in [2.24, 2.45) is 0 Å². The first-order valence-corrected chi connectivity index (χ1v) is 5.10. The maximum atomic E-state index is 11.8. The van der Waals surface area contributed by atoms with Crippen LogP contribution in [0.4, 0.5) is 0 Å². The van der Waals surface area contributed by atoms with Crippen LogP contribution >= 0.6 is 0 Å². The van der Waals surface area contributed by atoms with E-state index < -0.39 is 12.0 Å². The summed E-state index contributed by atoms with van der Waals surface area (Å²) >= 11 is 0. The third-order valence-corrected chi connectivity index (χ3v) is 2.68. The lowest BCUT2D eigenvalue weighted by Gasteiger charge is -2.20. The van der Waals surface area contributed by atoms with Gasteiger partial charge in [0.1, 0.15) is 12.3 Å². The van der Waals surface area contributed by atoms with Gasteiger partial charge in [-0.05, 0) is 12.8 Å². The number of carbonyl (C=O) groups excluding carboxylic acids is 1. The van der Waals surface area contributed by atoms with Crippen molar-refractivity contribution in [1.82, 2.24) is 10.1 Å². The van der Waals surface area contributed by atoms with Gasteiger partial charge in [-0.3, -0.25) is 4.79 Å². The van der Waals surface area contributed by atoms with Gasteiger partial charge < -0.3 is 14.5 Å². The Labute approximate surface area is 91.8 Å². The maximum Gasteiger partial charge on any atom is 0.326 e. The molecular weight excluding hydrogens is 212 g/mol. The minimum atomic E-state index is -0.939. The summed E-state index contributed by atoms with van der Waals surface area (Å²) in [7, 11) is 0. The van der Waals surface area contributed by atoms with Crippen LogP contribution in [0.2, 0.25) is 0 Å². The van der Waals surface area contributed by atoms with Gasteiger partial charge in [-0.1, -0.05) is 5.16 Å². The Balaban J connectivity index is 2.01. The smallest absolute Gasteiger partial charge is 0.326 e. The number of carboxylic acid groups (broad SMARTS) is 1.